The van der Waals surface area contributed by atoms with Crippen molar-refractivity contribution in [2.24, 2.45) is 21.0 Å². The summed E-state index contributed by atoms with van der Waals surface area (Å²) in [5, 5.41) is 9.48. The Morgan fingerprint density at radius 3 is 1.07 bits per heavy atom. The Morgan fingerprint density at radius 2 is 0.857 bits per heavy atom. The molecule has 0 aliphatic heterocycles. The van der Waals surface area contributed by atoms with Crippen LogP contribution in [0.2, 0.25) is 0 Å². The number of benzene rings is 2. The first kappa shape index (κ1) is 21.7. The Bertz CT molecular complexity index is 761. The van der Waals surface area contributed by atoms with Crippen LogP contribution in [0.15, 0.2) is 58.7 Å². The van der Waals surface area contributed by atoms with Gasteiger partial charge in [0.1, 0.15) is 11.5 Å². The van der Waals surface area contributed by atoms with E-state index in [9.17, 15) is 0 Å². The molecule has 2 rings (SSSR count). The van der Waals surface area contributed by atoms with Crippen LogP contribution in [0.5, 0.6) is 11.5 Å². The maximum atomic E-state index is 5.28. The van der Waals surface area contributed by atoms with E-state index in [1.54, 1.807) is 14.2 Å². The fourth-order valence-electron chi connectivity index (χ4n) is 2.88. The molecule has 28 heavy (non-hydrogen) atoms. The van der Waals surface area contributed by atoms with E-state index in [1.165, 1.54) is 0 Å². The quantitative estimate of drug-likeness (QED) is 0.472. The molecule has 0 N–H and O–H groups in total. The van der Waals surface area contributed by atoms with Gasteiger partial charge in [-0.15, -0.1) is 0 Å². The first-order chi connectivity index (χ1) is 13.1. The van der Waals surface area contributed by atoms with Crippen molar-refractivity contribution in [1.82, 2.24) is 0 Å². The topological polar surface area (TPSA) is 43.2 Å². The molecule has 0 atom stereocenters. The molecule has 0 saturated heterocycles. The van der Waals surface area contributed by atoms with Crippen molar-refractivity contribution < 1.29 is 9.47 Å². The average molecular weight is 381 g/mol. The molecule has 0 fully saturated rings. The van der Waals surface area contributed by atoms with Crippen molar-refractivity contribution in [3.8, 4) is 11.5 Å². The first-order valence-corrected chi connectivity index (χ1v) is 9.51. The van der Waals surface area contributed by atoms with Crippen LogP contribution in [-0.2, 0) is 0 Å². The van der Waals surface area contributed by atoms with Crippen LogP contribution in [0.4, 0.5) is 0 Å². The molecule has 2 aromatic carbocycles. The minimum Gasteiger partial charge on any atom is -0.497 e. The third kappa shape index (κ3) is 5.44. The molecular weight excluding hydrogens is 348 g/mol. The van der Waals surface area contributed by atoms with Gasteiger partial charge in [0.2, 0.25) is 0 Å². The van der Waals surface area contributed by atoms with Crippen LogP contribution >= 0.6 is 0 Å². The van der Waals surface area contributed by atoms with Gasteiger partial charge in [0.15, 0.2) is 0 Å². The zero-order valence-corrected chi connectivity index (χ0v) is 18.3. The fraction of sp³-hybridized carbons (Fsp3) is 0.417. The van der Waals surface area contributed by atoms with Crippen molar-refractivity contribution >= 4 is 11.4 Å². The Balaban J connectivity index is 2.55. The van der Waals surface area contributed by atoms with E-state index in [0.29, 0.717) is 0 Å². The summed E-state index contributed by atoms with van der Waals surface area (Å²) < 4.78 is 10.6. The molecule has 4 heteroatoms. The minimum absolute atomic E-state index is 0.152. The number of methoxy groups -OCH3 is 2. The second-order valence-electron chi connectivity index (χ2n) is 8.85. The molecule has 0 bridgehead atoms. The zero-order chi connectivity index (χ0) is 20.9. The minimum atomic E-state index is -0.152. The molecule has 2 aromatic rings. The molecule has 0 heterocycles. The van der Waals surface area contributed by atoms with Crippen LogP contribution in [0.25, 0.3) is 0 Å². The summed E-state index contributed by atoms with van der Waals surface area (Å²) in [4.78, 5) is 0. The van der Waals surface area contributed by atoms with Crippen molar-refractivity contribution in [2.45, 2.75) is 41.5 Å². The summed E-state index contributed by atoms with van der Waals surface area (Å²) in [6.07, 6.45) is 0. The molecule has 0 spiro atoms. The summed E-state index contributed by atoms with van der Waals surface area (Å²) >= 11 is 0. The smallest absolute Gasteiger partial charge is 0.118 e. The fourth-order valence-corrected chi connectivity index (χ4v) is 2.88. The monoisotopic (exact) mass is 380 g/mol. The highest BCUT2D eigenvalue weighted by Crippen LogP contribution is 2.27. The lowest BCUT2D eigenvalue weighted by Gasteiger charge is -2.23. The van der Waals surface area contributed by atoms with Gasteiger partial charge in [-0.2, -0.15) is 10.2 Å². The van der Waals surface area contributed by atoms with E-state index in [1.807, 2.05) is 48.5 Å². The van der Waals surface area contributed by atoms with Gasteiger partial charge < -0.3 is 9.47 Å². The molecule has 150 valence electrons. The van der Waals surface area contributed by atoms with E-state index in [2.05, 4.69) is 41.5 Å². The highest BCUT2D eigenvalue weighted by atomic mass is 16.5. The number of hydrogen-bond acceptors (Lipinski definition) is 4. The number of rotatable bonds is 5. The van der Waals surface area contributed by atoms with Gasteiger partial charge in [-0.1, -0.05) is 41.5 Å². The summed E-state index contributed by atoms with van der Waals surface area (Å²) in [5.74, 6) is 1.66. The van der Waals surface area contributed by atoms with Crippen molar-refractivity contribution in [3.63, 3.8) is 0 Å². The molecule has 0 saturated carbocycles. The van der Waals surface area contributed by atoms with Gasteiger partial charge in [-0.05, 0) is 59.7 Å². The summed E-state index contributed by atoms with van der Waals surface area (Å²) in [6, 6.07) is 15.9. The third-order valence-corrected chi connectivity index (χ3v) is 4.40. The summed E-state index contributed by atoms with van der Waals surface area (Å²) in [7, 11) is 3.34. The predicted octanol–water partition coefficient (Wildman–Crippen LogP) is 5.99. The molecule has 0 aliphatic carbocycles. The summed E-state index contributed by atoms with van der Waals surface area (Å²) in [5.41, 5.74) is 3.65. The second kappa shape index (κ2) is 8.59. The van der Waals surface area contributed by atoms with E-state index >= 15 is 0 Å². The van der Waals surface area contributed by atoms with Gasteiger partial charge in [0.05, 0.1) is 25.6 Å². The highest BCUT2D eigenvalue weighted by Gasteiger charge is 2.24. The van der Waals surface area contributed by atoms with Crippen molar-refractivity contribution in [2.75, 3.05) is 14.2 Å². The first-order valence-electron chi connectivity index (χ1n) is 9.51. The van der Waals surface area contributed by atoms with Crippen LogP contribution in [0.3, 0.4) is 0 Å². The normalized spacial score (nSPS) is 13.4. The van der Waals surface area contributed by atoms with Crippen LogP contribution < -0.4 is 9.47 Å². The lowest BCUT2D eigenvalue weighted by Crippen LogP contribution is -2.24. The van der Waals surface area contributed by atoms with E-state index in [4.69, 9.17) is 19.7 Å². The van der Waals surface area contributed by atoms with Crippen molar-refractivity contribution in [1.29, 1.82) is 0 Å². The van der Waals surface area contributed by atoms with Gasteiger partial charge in [0.25, 0.3) is 0 Å². The third-order valence-electron chi connectivity index (χ3n) is 4.40. The number of hydrogen-bond donors (Lipinski definition) is 0. The van der Waals surface area contributed by atoms with E-state index in [0.717, 1.165) is 34.0 Å². The highest BCUT2D eigenvalue weighted by molar-refractivity contribution is 6.07. The SMILES string of the molecule is COc1ccc(/C(=N\N=C(/c2ccc(OC)cc2)C(C)(C)C)C(C)(C)C)cc1. The maximum Gasteiger partial charge on any atom is 0.118 e. The van der Waals surface area contributed by atoms with E-state index < -0.39 is 0 Å². The van der Waals surface area contributed by atoms with Crippen molar-refractivity contribution in [3.05, 3.63) is 59.7 Å². The van der Waals surface area contributed by atoms with Gasteiger partial charge in [-0.25, -0.2) is 0 Å². The summed E-state index contributed by atoms with van der Waals surface area (Å²) in [6.45, 7) is 12.9. The zero-order valence-electron chi connectivity index (χ0n) is 18.3. The van der Waals surface area contributed by atoms with Gasteiger partial charge in [-0.3, -0.25) is 0 Å². The lowest BCUT2D eigenvalue weighted by atomic mass is 9.85. The molecular formula is C24H32N2O2. The second-order valence-corrected chi connectivity index (χ2v) is 8.85. The van der Waals surface area contributed by atoms with E-state index in [-0.39, 0.29) is 10.8 Å². The molecule has 0 amide bonds. The Morgan fingerprint density at radius 1 is 0.571 bits per heavy atom. The Kier molecular flexibility index (Phi) is 6.65. The Labute approximate surface area is 169 Å². The molecule has 4 nitrogen and oxygen atoms in total. The predicted molar refractivity (Wildman–Crippen MR) is 118 cm³/mol. The average Bonchev–Trinajstić information content (AvgIpc) is 2.63. The molecule has 0 aromatic heterocycles. The van der Waals surface area contributed by atoms with Crippen LogP contribution in [0, 0.1) is 10.8 Å². The largest absolute Gasteiger partial charge is 0.497 e. The number of ether oxygens (including phenoxy) is 2. The number of nitrogens with zero attached hydrogens (tertiary/aromatic N) is 2. The lowest BCUT2D eigenvalue weighted by molar-refractivity contribution is 0.414. The standard InChI is InChI=1S/C24H32N2O2/c1-23(2,3)21(17-9-13-19(27-7)14-10-17)25-26-22(24(4,5)6)18-11-15-20(28-8)16-12-18/h9-16H,1-8H3/b25-21+,26-22+. The van der Waals surface area contributed by atoms with Gasteiger partial charge >= 0.3 is 0 Å². The molecule has 0 unspecified atom stereocenters. The molecule has 0 aliphatic rings. The molecule has 0 radical (unpaired) electrons. The Hall–Kier alpha value is -2.62. The van der Waals surface area contributed by atoms with Crippen LogP contribution in [0.1, 0.15) is 52.7 Å². The maximum absolute atomic E-state index is 5.28. The van der Waals surface area contributed by atoms with Crippen LogP contribution in [-0.4, -0.2) is 25.6 Å². The van der Waals surface area contributed by atoms with Gasteiger partial charge in [0, 0.05) is 10.8 Å².